The van der Waals surface area contributed by atoms with E-state index in [0.29, 0.717) is 13.1 Å². The van der Waals surface area contributed by atoms with Crippen molar-refractivity contribution >= 4 is 17.6 Å². The molecular formula is C13H18F2N6. The van der Waals surface area contributed by atoms with E-state index in [-0.39, 0.29) is 17.6 Å². The summed E-state index contributed by atoms with van der Waals surface area (Å²) in [6, 6.07) is 2.92. The summed E-state index contributed by atoms with van der Waals surface area (Å²) in [7, 11) is 2.01. The van der Waals surface area contributed by atoms with E-state index in [1.54, 1.807) is 0 Å². The van der Waals surface area contributed by atoms with Crippen molar-refractivity contribution in [1.29, 1.82) is 10.8 Å². The van der Waals surface area contributed by atoms with Crippen molar-refractivity contribution in [3.63, 3.8) is 0 Å². The van der Waals surface area contributed by atoms with Crippen molar-refractivity contribution in [1.82, 2.24) is 15.1 Å². The average molecular weight is 296 g/mol. The van der Waals surface area contributed by atoms with Gasteiger partial charge in [-0.3, -0.25) is 16.1 Å². The first-order chi connectivity index (χ1) is 9.94. The molecule has 0 spiro atoms. The third-order valence-corrected chi connectivity index (χ3v) is 3.19. The summed E-state index contributed by atoms with van der Waals surface area (Å²) >= 11 is 0. The highest BCUT2D eigenvalue weighted by Crippen LogP contribution is 2.12. The van der Waals surface area contributed by atoms with Crippen LogP contribution in [0.1, 0.15) is 0 Å². The van der Waals surface area contributed by atoms with Crippen LogP contribution in [0.2, 0.25) is 0 Å². The fraction of sp³-hybridized carbons (Fsp3) is 0.385. The van der Waals surface area contributed by atoms with Gasteiger partial charge in [0.2, 0.25) is 0 Å². The second kappa shape index (κ2) is 6.49. The molecule has 1 fully saturated rings. The predicted octanol–water partition coefficient (Wildman–Crippen LogP) is 1.08. The van der Waals surface area contributed by atoms with E-state index in [4.69, 9.17) is 10.8 Å². The van der Waals surface area contributed by atoms with Crippen molar-refractivity contribution < 1.29 is 8.78 Å². The number of nitrogens with zero attached hydrogens (tertiary/aromatic N) is 2. The number of likely N-dealkylation sites (N-methyl/N-ethyl adjacent to an activating group) is 1. The van der Waals surface area contributed by atoms with Gasteiger partial charge in [0, 0.05) is 37.9 Å². The third kappa shape index (κ3) is 4.38. The van der Waals surface area contributed by atoms with Gasteiger partial charge in [-0.05, 0) is 19.2 Å². The Bertz CT molecular complexity index is 519. The SMILES string of the molecule is CN1CCN(C(=N)NC(=N)Nc2cc(F)cc(F)c2)CC1. The molecule has 8 heteroatoms. The number of piperazine rings is 1. The molecule has 21 heavy (non-hydrogen) atoms. The zero-order valence-corrected chi connectivity index (χ0v) is 11.7. The Morgan fingerprint density at radius 3 is 2.19 bits per heavy atom. The van der Waals surface area contributed by atoms with Crippen molar-refractivity contribution in [3.8, 4) is 0 Å². The van der Waals surface area contributed by atoms with Gasteiger partial charge in [0.15, 0.2) is 11.9 Å². The van der Waals surface area contributed by atoms with E-state index in [1.807, 2.05) is 11.9 Å². The molecule has 0 radical (unpaired) electrons. The molecular weight excluding hydrogens is 278 g/mol. The number of rotatable bonds is 1. The summed E-state index contributed by atoms with van der Waals surface area (Å²) in [5.41, 5.74) is 0.121. The van der Waals surface area contributed by atoms with E-state index in [9.17, 15) is 8.78 Å². The van der Waals surface area contributed by atoms with Crippen LogP contribution in [0.5, 0.6) is 0 Å². The minimum atomic E-state index is -0.723. The Balaban J connectivity index is 1.88. The molecule has 0 bridgehead atoms. The molecule has 0 aliphatic carbocycles. The smallest absolute Gasteiger partial charge is 0.199 e. The van der Waals surface area contributed by atoms with Gasteiger partial charge in [-0.2, -0.15) is 0 Å². The lowest BCUT2D eigenvalue weighted by Gasteiger charge is -2.34. The van der Waals surface area contributed by atoms with Crippen LogP contribution >= 0.6 is 0 Å². The minimum absolute atomic E-state index is 0.0949. The Morgan fingerprint density at radius 2 is 1.62 bits per heavy atom. The van der Waals surface area contributed by atoms with Gasteiger partial charge in [-0.15, -0.1) is 0 Å². The molecule has 4 N–H and O–H groups in total. The molecule has 2 rings (SSSR count). The molecule has 1 aromatic carbocycles. The molecule has 1 aliphatic rings. The molecule has 6 nitrogen and oxygen atoms in total. The number of guanidine groups is 2. The van der Waals surface area contributed by atoms with E-state index in [2.05, 4.69) is 15.5 Å². The van der Waals surface area contributed by atoms with Crippen LogP contribution < -0.4 is 10.6 Å². The maximum atomic E-state index is 13.0. The number of benzene rings is 1. The minimum Gasteiger partial charge on any atom is -0.340 e. The van der Waals surface area contributed by atoms with Crippen LogP contribution in [0.4, 0.5) is 14.5 Å². The van der Waals surface area contributed by atoms with E-state index in [0.717, 1.165) is 31.3 Å². The van der Waals surface area contributed by atoms with Crippen LogP contribution in [-0.2, 0) is 0 Å². The van der Waals surface area contributed by atoms with Gasteiger partial charge in [0.1, 0.15) is 11.6 Å². The first-order valence-corrected chi connectivity index (χ1v) is 6.55. The zero-order valence-electron chi connectivity index (χ0n) is 11.7. The zero-order chi connectivity index (χ0) is 15.4. The van der Waals surface area contributed by atoms with Crippen LogP contribution in [0.3, 0.4) is 0 Å². The van der Waals surface area contributed by atoms with E-state index < -0.39 is 11.6 Å². The summed E-state index contributed by atoms with van der Waals surface area (Å²) < 4.78 is 26.1. The molecule has 1 heterocycles. The summed E-state index contributed by atoms with van der Waals surface area (Å²) in [6.07, 6.45) is 0. The normalized spacial score (nSPS) is 15.7. The lowest BCUT2D eigenvalue weighted by Crippen LogP contribution is -2.52. The largest absolute Gasteiger partial charge is 0.340 e. The van der Waals surface area contributed by atoms with Crippen molar-refractivity contribution in [3.05, 3.63) is 29.8 Å². The second-order valence-electron chi connectivity index (χ2n) is 4.92. The van der Waals surface area contributed by atoms with Crippen molar-refractivity contribution in [2.75, 3.05) is 38.5 Å². The second-order valence-corrected chi connectivity index (χ2v) is 4.92. The summed E-state index contributed by atoms with van der Waals surface area (Å²) in [5, 5.41) is 20.7. The quantitative estimate of drug-likeness (QED) is 0.462. The lowest BCUT2D eigenvalue weighted by molar-refractivity contribution is 0.212. The highest BCUT2D eigenvalue weighted by molar-refractivity contribution is 6.02. The number of hydrogen-bond acceptors (Lipinski definition) is 3. The van der Waals surface area contributed by atoms with Gasteiger partial charge in [0.05, 0.1) is 0 Å². The summed E-state index contributed by atoms with van der Waals surface area (Å²) in [4.78, 5) is 3.96. The van der Waals surface area contributed by atoms with E-state index >= 15 is 0 Å². The highest BCUT2D eigenvalue weighted by atomic mass is 19.1. The predicted molar refractivity (Wildman–Crippen MR) is 77.6 cm³/mol. The number of anilines is 1. The molecule has 0 atom stereocenters. The topological polar surface area (TPSA) is 78.2 Å². The van der Waals surface area contributed by atoms with Gasteiger partial charge in [-0.25, -0.2) is 8.78 Å². The van der Waals surface area contributed by atoms with Gasteiger partial charge >= 0.3 is 0 Å². The molecule has 1 aliphatic heterocycles. The third-order valence-electron chi connectivity index (χ3n) is 3.19. The Labute approximate surface area is 121 Å². The molecule has 0 unspecified atom stereocenters. The lowest BCUT2D eigenvalue weighted by atomic mass is 10.3. The molecule has 1 aromatic rings. The first-order valence-electron chi connectivity index (χ1n) is 6.55. The first kappa shape index (κ1) is 15.2. The molecule has 0 amide bonds. The molecule has 114 valence electrons. The molecule has 0 aromatic heterocycles. The Morgan fingerprint density at radius 1 is 1.05 bits per heavy atom. The van der Waals surface area contributed by atoms with Crippen LogP contribution in [-0.4, -0.2) is 54.9 Å². The average Bonchev–Trinajstić information content (AvgIpc) is 2.37. The fourth-order valence-corrected chi connectivity index (χ4v) is 2.03. The van der Waals surface area contributed by atoms with Crippen LogP contribution in [0.25, 0.3) is 0 Å². The Hall–Kier alpha value is -2.22. The summed E-state index contributed by atoms with van der Waals surface area (Å²) in [5.74, 6) is -1.56. The van der Waals surface area contributed by atoms with Crippen LogP contribution in [0.15, 0.2) is 18.2 Å². The fourth-order valence-electron chi connectivity index (χ4n) is 2.03. The van der Waals surface area contributed by atoms with Gasteiger partial charge < -0.3 is 15.1 Å². The number of halogens is 2. The van der Waals surface area contributed by atoms with Gasteiger partial charge in [-0.1, -0.05) is 0 Å². The Kier molecular flexibility index (Phi) is 4.69. The molecule has 1 saturated heterocycles. The monoisotopic (exact) mass is 296 g/mol. The standard InChI is InChI=1S/C13H18F2N6/c1-20-2-4-21(5-3-20)13(17)19-12(16)18-11-7-9(14)6-10(15)8-11/h6-8H,2-5H2,1H3,(H4,16,17,18,19). The number of nitrogens with one attached hydrogen (secondary N) is 4. The molecule has 0 saturated carbocycles. The van der Waals surface area contributed by atoms with Crippen molar-refractivity contribution in [2.24, 2.45) is 0 Å². The van der Waals surface area contributed by atoms with Crippen molar-refractivity contribution in [2.45, 2.75) is 0 Å². The highest BCUT2D eigenvalue weighted by Gasteiger charge is 2.17. The maximum absolute atomic E-state index is 13.0. The summed E-state index contributed by atoms with van der Waals surface area (Å²) in [6.45, 7) is 3.09. The maximum Gasteiger partial charge on any atom is 0.199 e. The number of hydrogen-bond donors (Lipinski definition) is 4. The van der Waals surface area contributed by atoms with E-state index in [1.165, 1.54) is 0 Å². The van der Waals surface area contributed by atoms with Crippen LogP contribution in [0, 0.1) is 22.5 Å². The van der Waals surface area contributed by atoms with Gasteiger partial charge in [0.25, 0.3) is 0 Å².